The van der Waals surface area contributed by atoms with Gasteiger partial charge in [0.25, 0.3) is 11.8 Å². The number of imide groups is 1. The van der Waals surface area contributed by atoms with Crippen molar-refractivity contribution in [2.45, 2.75) is 89.3 Å². The standard InChI is InChI=1S/C33H43N3O7S2/c1-32(2,3)42-27(37)19-35-18-26(25-15-11-17-44-25)45-20-24(30(35)40)34-23(31(41)43-33(4,5)6)14-9-10-16-36-28(38)21-12-7-8-13-22(21)29(36)39/h7-8,11-13,15,17,23-24,26,34H,9-10,14,16,18-20H2,1-6H3/t23-,24?,26?/m1/s1. The Hall–Kier alpha value is -3.22. The van der Waals surface area contributed by atoms with E-state index < -0.39 is 35.2 Å². The van der Waals surface area contributed by atoms with Crippen molar-refractivity contribution in [3.63, 3.8) is 0 Å². The van der Waals surface area contributed by atoms with Gasteiger partial charge in [-0.3, -0.25) is 34.2 Å². The minimum atomic E-state index is -0.817. The third-order valence-electron chi connectivity index (χ3n) is 7.16. The maximum absolute atomic E-state index is 13.9. The van der Waals surface area contributed by atoms with Gasteiger partial charge < -0.3 is 14.4 Å². The van der Waals surface area contributed by atoms with E-state index in [0.717, 1.165) is 4.88 Å². The molecule has 4 rings (SSSR count). The lowest BCUT2D eigenvalue weighted by atomic mass is 10.1. The molecular weight excluding hydrogens is 615 g/mol. The first-order valence-electron chi connectivity index (χ1n) is 15.2. The molecule has 3 atom stereocenters. The highest BCUT2D eigenvalue weighted by atomic mass is 32.2. The summed E-state index contributed by atoms with van der Waals surface area (Å²) in [6.07, 6.45) is 1.30. The summed E-state index contributed by atoms with van der Waals surface area (Å²) in [6.45, 7) is 11.0. The largest absolute Gasteiger partial charge is 0.459 e. The van der Waals surface area contributed by atoms with Crippen molar-refractivity contribution < 1.29 is 33.4 Å². The van der Waals surface area contributed by atoms with E-state index in [0.29, 0.717) is 42.7 Å². The zero-order valence-corrected chi connectivity index (χ0v) is 28.4. The lowest BCUT2D eigenvalue weighted by molar-refractivity contribution is -0.160. The SMILES string of the molecule is CC(C)(C)OC(=O)CN1CC(c2cccs2)SCC(N[C@H](CCCCN2C(=O)c3ccccc3C2=O)C(=O)OC(C)(C)C)C1=O. The van der Waals surface area contributed by atoms with Crippen LogP contribution in [0.15, 0.2) is 41.8 Å². The van der Waals surface area contributed by atoms with Gasteiger partial charge in [0.1, 0.15) is 23.8 Å². The van der Waals surface area contributed by atoms with Gasteiger partial charge in [-0.1, -0.05) is 18.2 Å². The van der Waals surface area contributed by atoms with Crippen molar-refractivity contribution in [3.05, 3.63) is 57.8 Å². The van der Waals surface area contributed by atoms with Crippen LogP contribution >= 0.6 is 23.1 Å². The van der Waals surface area contributed by atoms with Crippen LogP contribution in [0.5, 0.6) is 0 Å². The highest BCUT2D eigenvalue weighted by molar-refractivity contribution is 7.99. The molecule has 2 aliphatic rings. The molecule has 1 aromatic carbocycles. The van der Waals surface area contributed by atoms with Gasteiger partial charge in [-0.25, -0.2) is 0 Å². The van der Waals surface area contributed by atoms with Gasteiger partial charge in [-0.15, -0.1) is 23.1 Å². The van der Waals surface area contributed by atoms with E-state index >= 15 is 0 Å². The van der Waals surface area contributed by atoms with Gasteiger partial charge in [0.15, 0.2) is 0 Å². The molecule has 2 aromatic rings. The molecule has 0 aliphatic carbocycles. The van der Waals surface area contributed by atoms with Crippen LogP contribution in [0.1, 0.15) is 91.6 Å². The average Bonchev–Trinajstić information content (AvgIpc) is 3.52. The number of nitrogens with zero attached hydrogens (tertiary/aromatic N) is 2. The molecule has 3 amide bonds. The smallest absolute Gasteiger partial charge is 0.326 e. The Bertz CT molecular complexity index is 1360. The molecule has 2 unspecified atom stereocenters. The topological polar surface area (TPSA) is 122 Å². The van der Waals surface area contributed by atoms with Crippen LogP contribution in [0.25, 0.3) is 0 Å². The van der Waals surface area contributed by atoms with Gasteiger partial charge in [0.05, 0.1) is 22.4 Å². The Morgan fingerprint density at radius 1 is 0.933 bits per heavy atom. The number of hydrogen-bond donors (Lipinski definition) is 1. The molecule has 1 fully saturated rings. The molecule has 1 aromatic heterocycles. The quantitative estimate of drug-likeness (QED) is 0.206. The van der Waals surface area contributed by atoms with Crippen LogP contribution in [-0.4, -0.2) is 88.1 Å². The maximum Gasteiger partial charge on any atom is 0.326 e. The van der Waals surface area contributed by atoms with Crippen LogP contribution < -0.4 is 5.32 Å². The van der Waals surface area contributed by atoms with Crippen molar-refractivity contribution in [3.8, 4) is 0 Å². The molecule has 3 heterocycles. The molecule has 0 saturated carbocycles. The third-order valence-corrected chi connectivity index (χ3v) is 9.62. The van der Waals surface area contributed by atoms with Crippen molar-refractivity contribution in [1.82, 2.24) is 15.1 Å². The highest BCUT2D eigenvalue weighted by Gasteiger charge is 2.38. The number of unbranched alkanes of at least 4 members (excludes halogenated alkanes) is 1. The van der Waals surface area contributed by atoms with Crippen LogP contribution in [0.2, 0.25) is 0 Å². The number of nitrogens with one attached hydrogen (secondary N) is 1. The number of esters is 2. The summed E-state index contributed by atoms with van der Waals surface area (Å²) >= 11 is 3.20. The summed E-state index contributed by atoms with van der Waals surface area (Å²) in [5.74, 6) is -1.51. The number of carbonyl (C=O) groups is 5. The Balaban J connectivity index is 1.46. The second-order valence-electron chi connectivity index (χ2n) is 13.3. The Labute approximate surface area is 273 Å². The van der Waals surface area contributed by atoms with Crippen LogP contribution in [-0.2, 0) is 23.9 Å². The third kappa shape index (κ3) is 9.40. The number of carbonyl (C=O) groups excluding carboxylic acids is 5. The molecule has 10 nitrogen and oxygen atoms in total. The first-order valence-corrected chi connectivity index (χ1v) is 17.2. The lowest BCUT2D eigenvalue weighted by Crippen LogP contribution is -2.54. The van der Waals surface area contributed by atoms with E-state index in [4.69, 9.17) is 9.47 Å². The highest BCUT2D eigenvalue weighted by Crippen LogP contribution is 2.36. The average molecular weight is 658 g/mol. The number of thioether (sulfide) groups is 1. The summed E-state index contributed by atoms with van der Waals surface area (Å²) < 4.78 is 11.2. The zero-order chi connectivity index (χ0) is 32.9. The summed E-state index contributed by atoms with van der Waals surface area (Å²) in [7, 11) is 0. The molecule has 0 spiro atoms. The molecule has 1 saturated heterocycles. The summed E-state index contributed by atoms with van der Waals surface area (Å²) in [5.41, 5.74) is -0.638. The summed E-state index contributed by atoms with van der Waals surface area (Å²) in [6, 6.07) is 9.17. The molecule has 0 bridgehead atoms. The minimum Gasteiger partial charge on any atom is -0.459 e. The monoisotopic (exact) mass is 657 g/mol. The number of benzene rings is 1. The second kappa shape index (κ2) is 14.5. The molecule has 12 heteroatoms. The summed E-state index contributed by atoms with van der Waals surface area (Å²) in [4.78, 5) is 69.5. The normalized spacial score (nSPS) is 19.7. The van der Waals surface area contributed by atoms with E-state index in [1.807, 2.05) is 17.5 Å². The lowest BCUT2D eigenvalue weighted by Gasteiger charge is -2.30. The minimum absolute atomic E-state index is 0.0391. The zero-order valence-electron chi connectivity index (χ0n) is 26.8. The van der Waals surface area contributed by atoms with E-state index in [-0.39, 0.29) is 36.1 Å². The van der Waals surface area contributed by atoms with E-state index in [1.165, 1.54) is 9.80 Å². The molecule has 45 heavy (non-hydrogen) atoms. The van der Waals surface area contributed by atoms with Crippen LogP contribution in [0.4, 0.5) is 0 Å². The molecule has 2 aliphatic heterocycles. The van der Waals surface area contributed by atoms with Gasteiger partial charge in [0.2, 0.25) is 5.91 Å². The predicted molar refractivity (Wildman–Crippen MR) is 174 cm³/mol. The fourth-order valence-corrected chi connectivity index (χ4v) is 7.49. The number of fused-ring (bicyclic) bond motifs is 1. The van der Waals surface area contributed by atoms with Crippen LogP contribution in [0, 0.1) is 0 Å². The Morgan fingerprint density at radius 3 is 2.16 bits per heavy atom. The number of thiophene rings is 1. The van der Waals surface area contributed by atoms with Gasteiger partial charge >= 0.3 is 11.9 Å². The van der Waals surface area contributed by atoms with E-state index in [2.05, 4.69) is 5.32 Å². The number of amides is 3. The molecule has 1 N–H and O–H groups in total. The molecular formula is C33H43N3O7S2. The summed E-state index contributed by atoms with van der Waals surface area (Å²) in [5, 5.41) is 5.21. The van der Waals surface area contributed by atoms with Crippen molar-refractivity contribution in [2.24, 2.45) is 0 Å². The van der Waals surface area contributed by atoms with Crippen molar-refractivity contribution in [2.75, 3.05) is 25.4 Å². The van der Waals surface area contributed by atoms with Crippen molar-refractivity contribution in [1.29, 1.82) is 0 Å². The first-order chi connectivity index (χ1) is 21.1. The van der Waals surface area contributed by atoms with Gasteiger partial charge in [-0.2, -0.15) is 0 Å². The fourth-order valence-electron chi connectivity index (χ4n) is 5.23. The van der Waals surface area contributed by atoms with E-state index in [9.17, 15) is 24.0 Å². The molecule has 244 valence electrons. The number of ether oxygens (including phenoxy) is 2. The number of hydrogen-bond acceptors (Lipinski definition) is 10. The van der Waals surface area contributed by atoms with Crippen LogP contribution in [0.3, 0.4) is 0 Å². The maximum atomic E-state index is 13.9. The fraction of sp³-hybridized carbons (Fsp3) is 0.545. The van der Waals surface area contributed by atoms with Crippen molar-refractivity contribution >= 4 is 52.8 Å². The second-order valence-corrected chi connectivity index (χ2v) is 15.5. The molecule has 0 radical (unpaired) electrons. The first kappa shape index (κ1) is 34.6. The number of rotatable bonds is 11. The Morgan fingerprint density at radius 2 is 1.58 bits per heavy atom. The van der Waals surface area contributed by atoms with Gasteiger partial charge in [0, 0.05) is 23.7 Å². The van der Waals surface area contributed by atoms with E-state index in [1.54, 1.807) is 88.9 Å². The Kier molecular flexibility index (Phi) is 11.1. The van der Waals surface area contributed by atoms with Gasteiger partial charge in [-0.05, 0) is 84.4 Å². The predicted octanol–water partition coefficient (Wildman–Crippen LogP) is 4.84.